The number of imidazole rings is 1. The molecule has 0 atom stereocenters. The van der Waals surface area contributed by atoms with Crippen LogP contribution in [0.1, 0.15) is 30.9 Å². The number of aromatic nitrogens is 2. The van der Waals surface area contributed by atoms with Gasteiger partial charge in [-0.1, -0.05) is 30.3 Å². The molecule has 0 aliphatic carbocycles. The second kappa shape index (κ2) is 8.75. The molecular formula is C21H27N3O3S. The van der Waals surface area contributed by atoms with Crippen LogP contribution in [0.4, 0.5) is 0 Å². The first-order valence-corrected chi connectivity index (χ1v) is 11.0. The van der Waals surface area contributed by atoms with Gasteiger partial charge in [0.15, 0.2) is 0 Å². The summed E-state index contributed by atoms with van der Waals surface area (Å²) in [6.45, 7) is 5.16. The summed E-state index contributed by atoms with van der Waals surface area (Å²) in [5.41, 5.74) is 2.04. The van der Waals surface area contributed by atoms with Crippen LogP contribution in [-0.4, -0.2) is 35.2 Å². The zero-order chi connectivity index (χ0) is 20.1. The molecule has 0 aliphatic heterocycles. The van der Waals surface area contributed by atoms with Crippen molar-refractivity contribution >= 4 is 9.84 Å². The lowest BCUT2D eigenvalue weighted by Crippen LogP contribution is -2.23. The first-order valence-electron chi connectivity index (χ1n) is 9.41. The summed E-state index contributed by atoms with van der Waals surface area (Å²) in [5, 5.41) is -0.362. The first-order chi connectivity index (χ1) is 13.4. The molecule has 3 aromatic rings. The van der Waals surface area contributed by atoms with Gasteiger partial charge in [0.2, 0.25) is 15.0 Å². The molecule has 7 heteroatoms. The number of hydrogen-bond donors (Lipinski definition) is 0. The maximum atomic E-state index is 12.8. The third-order valence-corrected chi connectivity index (χ3v) is 6.76. The van der Waals surface area contributed by atoms with Gasteiger partial charge in [-0.05, 0) is 45.0 Å². The summed E-state index contributed by atoms with van der Waals surface area (Å²) >= 11 is 0. The van der Waals surface area contributed by atoms with E-state index < -0.39 is 15.1 Å². The average Bonchev–Trinajstić information content (AvgIpc) is 3.31. The van der Waals surface area contributed by atoms with Crippen LogP contribution < -0.4 is 0 Å². The van der Waals surface area contributed by atoms with Crippen LogP contribution in [0, 0.1) is 0 Å². The highest BCUT2D eigenvalue weighted by Crippen LogP contribution is 2.19. The highest BCUT2D eigenvalue weighted by atomic mass is 32.2. The minimum absolute atomic E-state index is 0.153. The van der Waals surface area contributed by atoms with Gasteiger partial charge in [-0.25, -0.2) is 13.4 Å². The van der Waals surface area contributed by atoms with Crippen molar-refractivity contribution in [3.8, 4) is 0 Å². The van der Waals surface area contributed by atoms with Gasteiger partial charge in [-0.15, -0.1) is 0 Å². The molecule has 28 heavy (non-hydrogen) atoms. The zero-order valence-corrected chi connectivity index (χ0v) is 17.4. The van der Waals surface area contributed by atoms with Crippen LogP contribution in [0.2, 0.25) is 0 Å². The minimum atomic E-state index is -3.46. The fourth-order valence-corrected chi connectivity index (χ4v) is 4.22. The van der Waals surface area contributed by atoms with Gasteiger partial charge in [0, 0.05) is 13.1 Å². The van der Waals surface area contributed by atoms with E-state index in [4.69, 9.17) is 4.42 Å². The summed E-state index contributed by atoms with van der Waals surface area (Å²) in [7, 11) is -1.48. The highest BCUT2D eigenvalue weighted by molar-refractivity contribution is 7.91. The van der Waals surface area contributed by atoms with Crippen molar-refractivity contribution in [2.75, 3.05) is 7.05 Å². The number of nitrogens with zero attached hydrogens (tertiary/aromatic N) is 3. The molecule has 150 valence electrons. The maximum Gasteiger partial charge on any atom is 0.228 e. The zero-order valence-electron chi connectivity index (χ0n) is 16.6. The van der Waals surface area contributed by atoms with Crippen molar-refractivity contribution < 1.29 is 12.8 Å². The van der Waals surface area contributed by atoms with Crippen LogP contribution in [-0.2, 0) is 35.9 Å². The van der Waals surface area contributed by atoms with E-state index in [2.05, 4.69) is 22.0 Å². The van der Waals surface area contributed by atoms with Gasteiger partial charge in [0.25, 0.3) is 0 Å². The standard InChI is InChI=1S/C21H27N3O3S/c1-17(2)28(25,26)21-22-14-19(15-23(3)16-20-10-7-13-27-20)24(21)12-11-18-8-5-4-6-9-18/h4-10,13-14,17H,11-12,15-16H2,1-3H3. The van der Waals surface area contributed by atoms with Gasteiger partial charge in [-0.3, -0.25) is 4.90 Å². The van der Waals surface area contributed by atoms with Crippen LogP contribution >= 0.6 is 0 Å². The Labute approximate surface area is 166 Å². The number of benzene rings is 1. The van der Waals surface area contributed by atoms with Crippen molar-refractivity contribution in [1.82, 2.24) is 14.5 Å². The number of aryl methyl sites for hydroxylation is 1. The molecule has 0 saturated heterocycles. The van der Waals surface area contributed by atoms with E-state index in [-0.39, 0.29) is 5.16 Å². The lowest BCUT2D eigenvalue weighted by Gasteiger charge is -2.18. The topological polar surface area (TPSA) is 68.3 Å². The molecule has 0 bridgehead atoms. The van der Waals surface area contributed by atoms with E-state index in [1.54, 1.807) is 26.3 Å². The minimum Gasteiger partial charge on any atom is -0.468 e. The van der Waals surface area contributed by atoms with E-state index in [1.807, 2.05) is 41.9 Å². The molecule has 0 unspecified atom stereocenters. The summed E-state index contributed by atoms with van der Waals surface area (Å²) in [6, 6.07) is 13.9. The molecule has 6 nitrogen and oxygen atoms in total. The van der Waals surface area contributed by atoms with Crippen molar-refractivity contribution in [2.45, 2.75) is 50.3 Å². The van der Waals surface area contributed by atoms with E-state index in [1.165, 1.54) is 5.56 Å². The van der Waals surface area contributed by atoms with Crippen LogP contribution in [0.15, 0.2) is 64.5 Å². The largest absolute Gasteiger partial charge is 0.468 e. The summed E-state index contributed by atoms with van der Waals surface area (Å²) in [4.78, 5) is 6.38. The number of hydrogen-bond acceptors (Lipinski definition) is 5. The molecule has 3 rings (SSSR count). The Morgan fingerprint density at radius 3 is 2.50 bits per heavy atom. The Balaban J connectivity index is 1.85. The van der Waals surface area contributed by atoms with E-state index in [9.17, 15) is 8.42 Å². The Morgan fingerprint density at radius 2 is 1.86 bits per heavy atom. The lowest BCUT2D eigenvalue weighted by atomic mass is 10.1. The Kier molecular flexibility index (Phi) is 6.36. The van der Waals surface area contributed by atoms with Gasteiger partial charge in [0.1, 0.15) is 5.76 Å². The summed E-state index contributed by atoms with van der Waals surface area (Å²) < 4.78 is 32.9. The molecule has 0 aliphatic rings. The Bertz CT molecular complexity index is 977. The number of rotatable bonds is 9. The normalized spacial score (nSPS) is 12.2. The Morgan fingerprint density at radius 1 is 1.11 bits per heavy atom. The van der Waals surface area contributed by atoms with Crippen molar-refractivity contribution in [3.63, 3.8) is 0 Å². The van der Waals surface area contributed by atoms with Crippen LogP contribution in [0.5, 0.6) is 0 Å². The van der Waals surface area contributed by atoms with Gasteiger partial charge in [0.05, 0.1) is 29.9 Å². The number of sulfone groups is 1. The van der Waals surface area contributed by atoms with Gasteiger partial charge < -0.3 is 8.98 Å². The fourth-order valence-electron chi connectivity index (χ4n) is 3.08. The Hall–Kier alpha value is -2.38. The van der Waals surface area contributed by atoms with Crippen molar-refractivity contribution in [2.24, 2.45) is 0 Å². The second-order valence-corrected chi connectivity index (χ2v) is 9.66. The first kappa shape index (κ1) is 20.4. The smallest absolute Gasteiger partial charge is 0.228 e. The molecule has 2 aromatic heterocycles. The van der Waals surface area contributed by atoms with Crippen LogP contribution in [0.3, 0.4) is 0 Å². The number of furan rings is 1. The van der Waals surface area contributed by atoms with Crippen molar-refractivity contribution in [1.29, 1.82) is 0 Å². The van der Waals surface area contributed by atoms with Crippen LogP contribution in [0.25, 0.3) is 0 Å². The fraction of sp³-hybridized carbons (Fsp3) is 0.381. The maximum absolute atomic E-state index is 12.8. The second-order valence-electron chi connectivity index (χ2n) is 7.26. The highest BCUT2D eigenvalue weighted by Gasteiger charge is 2.27. The van der Waals surface area contributed by atoms with E-state index in [0.717, 1.165) is 17.9 Å². The molecule has 0 spiro atoms. The quantitative estimate of drug-likeness (QED) is 0.549. The van der Waals surface area contributed by atoms with Gasteiger partial charge >= 0.3 is 0 Å². The molecular weight excluding hydrogens is 374 g/mol. The molecule has 0 fully saturated rings. The molecule has 2 heterocycles. The molecule has 0 N–H and O–H groups in total. The lowest BCUT2D eigenvalue weighted by molar-refractivity contribution is 0.279. The average molecular weight is 402 g/mol. The third kappa shape index (κ3) is 4.72. The van der Waals surface area contributed by atoms with E-state index in [0.29, 0.717) is 19.6 Å². The SMILES string of the molecule is CC(C)S(=O)(=O)c1ncc(CN(C)Cc2ccco2)n1CCc1ccccc1. The molecule has 1 aromatic carbocycles. The van der Waals surface area contributed by atoms with Gasteiger partial charge in [-0.2, -0.15) is 0 Å². The molecule has 0 saturated carbocycles. The molecule has 0 radical (unpaired) electrons. The predicted octanol–water partition coefficient (Wildman–Crippen LogP) is 3.53. The summed E-state index contributed by atoms with van der Waals surface area (Å²) in [5.74, 6) is 0.868. The summed E-state index contributed by atoms with van der Waals surface area (Å²) in [6.07, 6.45) is 4.08. The molecule has 0 amide bonds. The third-order valence-electron chi connectivity index (χ3n) is 4.68. The van der Waals surface area contributed by atoms with E-state index >= 15 is 0 Å². The van der Waals surface area contributed by atoms with Crippen molar-refractivity contribution in [3.05, 3.63) is 71.9 Å². The predicted molar refractivity (Wildman–Crippen MR) is 109 cm³/mol. The monoisotopic (exact) mass is 401 g/mol.